The van der Waals surface area contributed by atoms with Crippen molar-refractivity contribution in [1.29, 1.82) is 0 Å². The molecule has 0 saturated heterocycles. The van der Waals surface area contributed by atoms with Crippen LogP contribution >= 0.6 is 0 Å². The molecule has 84 valence electrons. The third-order valence-corrected chi connectivity index (χ3v) is 2.86. The lowest BCUT2D eigenvalue weighted by Crippen LogP contribution is -2.00. The molecular formula is C14H23N. The second-order valence-corrected chi connectivity index (χ2v) is 4.55. The van der Waals surface area contributed by atoms with Crippen molar-refractivity contribution in [3.63, 3.8) is 0 Å². The van der Waals surface area contributed by atoms with Crippen molar-refractivity contribution in [3.05, 3.63) is 29.8 Å². The summed E-state index contributed by atoms with van der Waals surface area (Å²) in [5.74, 6) is 0.792. The van der Waals surface area contributed by atoms with Crippen LogP contribution < -0.4 is 5.73 Å². The number of benzene rings is 1. The van der Waals surface area contributed by atoms with E-state index in [4.69, 9.17) is 5.73 Å². The molecule has 0 radical (unpaired) electrons. The van der Waals surface area contributed by atoms with E-state index in [1.54, 1.807) is 0 Å². The molecule has 0 aliphatic rings. The van der Waals surface area contributed by atoms with Crippen molar-refractivity contribution in [2.24, 2.45) is 5.92 Å². The first-order valence-corrected chi connectivity index (χ1v) is 6.06. The minimum Gasteiger partial charge on any atom is -0.399 e. The zero-order valence-electron chi connectivity index (χ0n) is 10.00. The van der Waals surface area contributed by atoms with Crippen molar-refractivity contribution < 1.29 is 0 Å². The Bertz CT molecular complexity index is 263. The molecule has 0 bridgehead atoms. The van der Waals surface area contributed by atoms with Crippen LogP contribution in [0.15, 0.2) is 24.3 Å². The summed E-state index contributed by atoms with van der Waals surface area (Å²) in [5, 5.41) is 0. The third kappa shape index (κ3) is 4.87. The molecule has 2 N–H and O–H groups in total. The van der Waals surface area contributed by atoms with Crippen LogP contribution in [0.1, 0.15) is 45.1 Å². The lowest BCUT2D eigenvalue weighted by molar-refractivity contribution is 0.493. The molecule has 1 unspecified atom stereocenters. The van der Waals surface area contributed by atoms with Gasteiger partial charge in [-0.25, -0.2) is 0 Å². The fourth-order valence-corrected chi connectivity index (χ4v) is 1.90. The van der Waals surface area contributed by atoms with Gasteiger partial charge in [0.15, 0.2) is 0 Å². The number of hydrogen-bond donors (Lipinski definition) is 1. The second kappa shape index (κ2) is 6.49. The molecule has 1 aromatic carbocycles. The molecule has 1 aromatic rings. The molecule has 0 saturated carbocycles. The van der Waals surface area contributed by atoms with E-state index < -0.39 is 0 Å². The predicted octanol–water partition coefficient (Wildman–Crippen LogP) is 4.03. The predicted molar refractivity (Wildman–Crippen MR) is 67.9 cm³/mol. The molecule has 1 rings (SSSR count). The van der Waals surface area contributed by atoms with Gasteiger partial charge >= 0.3 is 0 Å². The summed E-state index contributed by atoms with van der Waals surface area (Å²) in [6, 6.07) is 8.28. The monoisotopic (exact) mass is 205 g/mol. The smallest absolute Gasteiger partial charge is 0.0314 e. The molecular weight excluding hydrogens is 182 g/mol. The summed E-state index contributed by atoms with van der Waals surface area (Å²) < 4.78 is 0. The van der Waals surface area contributed by atoms with Crippen molar-refractivity contribution in [1.82, 2.24) is 0 Å². The maximum absolute atomic E-state index is 5.66. The quantitative estimate of drug-likeness (QED) is 0.550. The molecule has 0 spiro atoms. The summed E-state index contributed by atoms with van der Waals surface area (Å²) >= 11 is 0. The Labute approximate surface area is 93.7 Å². The number of anilines is 1. The summed E-state index contributed by atoms with van der Waals surface area (Å²) in [7, 11) is 0. The molecule has 1 heteroatoms. The SMILES string of the molecule is CCCCCC(C)Cc1ccc(N)cc1. The zero-order chi connectivity index (χ0) is 11.1. The van der Waals surface area contributed by atoms with Crippen LogP contribution in [0.5, 0.6) is 0 Å². The molecule has 1 nitrogen and oxygen atoms in total. The summed E-state index contributed by atoms with van der Waals surface area (Å²) in [4.78, 5) is 0. The molecule has 1 atom stereocenters. The number of nitrogen functional groups attached to an aromatic ring is 1. The van der Waals surface area contributed by atoms with E-state index in [9.17, 15) is 0 Å². The molecule has 0 fully saturated rings. The fourth-order valence-electron chi connectivity index (χ4n) is 1.90. The van der Waals surface area contributed by atoms with E-state index >= 15 is 0 Å². The third-order valence-electron chi connectivity index (χ3n) is 2.86. The first-order chi connectivity index (χ1) is 7.22. The minimum atomic E-state index is 0.792. The van der Waals surface area contributed by atoms with E-state index in [0.29, 0.717) is 0 Å². The maximum Gasteiger partial charge on any atom is 0.0314 e. The van der Waals surface area contributed by atoms with Gasteiger partial charge in [0, 0.05) is 5.69 Å². The van der Waals surface area contributed by atoms with Crippen molar-refractivity contribution in [2.45, 2.75) is 46.0 Å². The molecule has 0 amide bonds. The molecule has 15 heavy (non-hydrogen) atoms. The number of rotatable bonds is 6. The Hall–Kier alpha value is -0.980. The number of unbranched alkanes of at least 4 members (excludes halogenated alkanes) is 2. The Kier molecular flexibility index (Phi) is 5.23. The van der Waals surface area contributed by atoms with Crippen LogP contribution in [-0.4, -0.2) is 0 Å². The van der Waals surface area contributed by atoms with Crippen LogP contribution in [0.2, 0.25) is 0 Å². The Morgan fingerprint density at radius 3 is 2.40 bits per heavy atom. The van der Waals surface area contributed by atoms with Crippen molar-refractivity contribution in [3.8, 4) is 0 Å². The fraction of sp³-hybridized carbons (Fsp3) is 0.571. The van der Waals surface area contributed by atoms with Crippen LogP contribution in [-0.2, 0) is 6.42 Å². The van der Waals surface area contributed by atoms with Crippen LogP contribution in [0.25, 0.3) is 0 Å². The van der Waals surface area contributed by atoms with Crippen LogP contribution in [0.3, 0.4) is 0 Å². The van der Waals surface area contributed by atoms with E-state index in [0.717, 1.165) is 11.6 Å². The maximum atomic E-state index is 5.66. The Morgan fingerprint density at radius 2 is 1.80 bits per heavy atom. The Morgan fingerprint density at radius 1 is 1.13 bits per heavy atom. The zero-order valence-corrected chi connectivity index (χ0v) is 10.00. The van der Waals surface area contributed by atoms with Gasteiger partial charge in [0.25, 0.3) is 0 Å². The van der Waals surface area contributed by atoms with Crippen molar-refractivity contribution in [2.75, 3.05) is 5.73 Å². The molecule has 0 aliphatic carbocycles. The van der Waals surface area contributed by atoms with Gasteiger partial charge in [-0.2, -0.15) is 0 Å². The summed E-state index contributed by atoms with van der Waals surface area (Å²) in [6.07, 6.45) is 6.58. The lowest BCUT2D eigenvalue weighted by Gasteiger charge is -2.11. The molecule has 0 aromatic heterocycles. The highest BCUT2D eigenvalue weighted by atomic mass is 14.5. The summed E-state index contributed by atoms with van der Waals surface area (Å²) in [5.41, 5.74) is 7.92. The number of hydrogen-bond acceptors (Lipinski definition) is 1. The Balaban J connectivity index is 2.31. The highest BCUT2D eigenvalue weighted by molar-refractivity contribution is 5.39. The largest absolute Gasteiger partial charge is 0.399 e. The van der Waals surface area contributed by atoms with Gasteiger partial charge in [-0.1, -0.05) is 51.7 Å². The minimum absolute atomic E-state index is 0.792. The number of nitrogens with two attached hydrogens (primary N) is 1. The second-order valence-electron chi connectivity index (χ2n) is 4.55. The van der Waals surface area contributed by atoms with E-state index in [-0.39, 0.29) is 0 Å². The summed E-state index contributed by atoms with van der Waals surface area (Å²) in [6.45, 7) is 4.59. The normalized spacial score (nSPS) is 12.7. The first kappa shape index (κ1) is 12.1. The van der Waals surface area contributed by atoms with Crippen LogP contribution in [0, 0.1) is 5.92 Å². The highest BCUT2D eigenvalue weighted by Crippen LogP contribution is 2.16. The van der Waals surface area contributed by atoms with Gasteiger partial charge in [-0.15, -0.1) is 0 Å². The lowest BCUT2D eigenvalue weighted by atomic mass is 9.95. The van der Waals surface area contributed by atoms with E-state index in [1.807, 2.05) is 12.1 Å². The molecule has 0 heterocycles. The average molecular weight is 205 g/mol. The highest BCUT2D eigenvalue weighted by Gasteiger charge is 2.03. The van der Waals surface area contributed by atoms with Gasteiger partial charge in [-0.3, -0.25) is 0 Å². The van der Waals surface area contributed by atoms with Gasteiger partial charge in [0.05, 0.1) is 0 Å². The van der Waals surface area contributed by atoms with Crippen molar-refractivity contribution >= 4 is 5.69 Å². The van der Waals surface area contributed by atoms with Gasteiger partial charge in [-0.05, 0) is 30.0 Å². The van der Waals surface area contributed by atoms with Gasteiger partial charge in [0.2, 0.25) is 0 Å². The van der Waals surface area contributed by atoms with Gasteiger partial charge < -0.3 is 5.73 Å². The van der Waals surface area contributed by atoms with Crippen LogP contribution in [0.4, 0.5) is 5.69 Å². The van der Waals surface area contributed by atoms with E-state index in [1.165, 1.54) is 37.7 Å². The molecule has 0 aliphatic heterocycles. The van der Waals surface area contributed by atoms with Gasteiger partial charge in [0.1, 0.15) is 0 Å². The van der Waals surface area contributed by atoms with E-state index in [2.05, 4.69) is 26.0 Å². The average Bonchev–Trinajstić information content (AvgIpc) is 2.22. The standard InChI is InChI=1S/C14H23N/c1-3-4-5-6-12(2)11-13-7-9-14(15)10-8-13/h7-10,12H,3-6,11,15H2,1-2H3. The topological polar surface area (TPSA) is 26.0 Å². The first-order valence-electron chi connectivity index (χ1n) is 6.06.